The minimum atomic E-state index is -4.22. The summed E-state index contributed by atoms with van der Waals surface area (Å²) in [6, 6.07) is 23.1. The quantitative estimate of drug-likeness (QED) is 0.167. The molecule has 3 aromatic carbocycles. The second kappa shape index (κ2) is 13.9. The number of H-pyrrole nitrogens is 1. The molecule has 9 heteroatoms. The van der Waals surface area contributed by atoms with Gasteiger partial charge in [0.05, 0.1) is 13.7 Å². The number of alkyl halides is 3. The van der Waals surface area contributed by atoms with Gasteiger partial charge in [-0.3, -0.25) is 9.59 Å². The molecule has 0 atom stereocenters. The third kappa shape index (κ3) is 8.25. The van der Waals surface area contributed by atoms with Crippen LogP contribution < -0.4 is 20.3 Å². The van der Waals surface area contributed by atoms with Crippen molar-refractivity contribution in [1.29, 1.82) is 0 Å². The van der Waals surface area contributed by atoms with Crippen LogP contribution in [0.15, 0.2) is 83.7 Å². The number of benzene rings is 3. The molecule has 0 bridgehead atoms. The predicted molar refractivity (Wildman–Crippen MR) is 158 cm³/mol. The maximum atomic E-state index is 13.4. The van der Waals surface area contributed by atoms with Crippen molar-refractivity contribution < 1.29 is 27.4 Å². The zero-order chi connectivity index (χ0) is 30.1. The van der Waals surface area contributed by atoms with Crippen molar-refractivity contribution in [2.24, 2.45) is 0 Å². The van der Waals surface area contributed by atoms with Crippen LogP contribution in [0, 0.1) is 0 Å². The average Bonchev–Trinajstić information content (AvgIpc) is 2.98. The summed E-state index contributed by atoms with van der Waals surface area (Å²) in [4.78, 5) is 29.7. The zero-order valence-corrected chi connectivity index (χ0v) is 23.5. The number of rotatable bonds is 12. The fourth-order valence-corrected chi connectivity index (χ4v) is 4.46. The number of amides is 1. The maximum absolute atomic E-state index is 13.4. The minimum Gasteiger partial charge on any atom is -0.497 e. The molecule has 0 aliphatic rings. The first-order valence-corrected chi connectivity index (χ1v) is 13.8. The van der Waals surface area contributed by atoms with E-state index in [1.807, 2.05) is 24.3 Å². The van der Waals surface area contributed by atoms with Gasteiger partial charge in [0.25, 0.3) is 11.5 Å². The molecule has 0 spiro atoms. The van der Waals surface area contributed by atoms with Crippen LogP contribution >= 0.6 is 0 Å². The van der Waals surface area contributed by atoms with E-state index in [0.717, 1.165) is 19.3 Å². The van der Waals surface area contributed by atoms with Crippen LogP contribution in [-0.4, -0.2) is 30.8 Å². The van der Waals surface area contributed by atoms with E-state index >= 15 is 0 Å². The zero-order valence-electron chi connectivity index (χ0n) is 23.5. The number of halogens is 3. The molecule has 42 heavy (non-hydrogen) atoms. The molecule has 4 rings (SSSR count). The van der Waals surface area contributed by atoms with Gasteiger partial charge in [0.1, 0.15) is 17.1 Å². The van der Waals surface area contributed by atoms with Gasteiger partial charge in [-0.15, -0.1) is 0 Å². The Morgan fingerprint density at radius 2 is 1.52 bits per heavy atom. The number of aromatic nitrogens is 1. The van der Waals surface area contributed by atoms with Gasteiger partial charge in [0, 0.05) is 23.4 Å². The van der Waals surface area contributed by atoms with E-state index in [0.29, 0.717) is 39.6 Å². The number of unbranched alkanes of at least 4 members (excludes halogenated alkanes) is 1. The van der Waals surface area contributed by atoms with Crippen LogP contribution in [0.3, 0.4) is 0 Å². The Kier molecular flexibility index (Phi) is 10.1. The summed E-state index contributed by atoms with van der Waals surface area (Å²) < 4.78 is 47.7. The Morgan fingerprint density at radius 3 is 2.14 bits per heavy atom. The standard InChI is InChI=1S/C33H33F3N2O4/c1-3-4-6-22-7-9-23(10-8-22)28-21-29(24-11-15-27(16-12-24)42-20-5-19-33(34,35)36)38-32(40)30(28)31(39)37-25-13-17-26(41-2)18-14-25/h7-18,21H,3-6,19-20H2,1-2H3,(H,37,39)(H,38,40). The third-order valence-electron chi connectivity index (χ3n) is 6.73. The smallest absolute Gasteiger partial charge is 0.389 e. The summed E-state index contributed by atoms with van der Waals surface area (Å²) in [5, 5.41) is 2.80. The van der Waals surface area contributed by atoms with Gasteiger partial charge in [-0.1, -0.05) is 37.6 Å². The lowest BCUT2D eigenvalue weighted by Gasteiger charge is -2.14. The van der Waals surface area contributed by atoms with Gasteiger partial charge in [-0.25, -0.2) is 0 Å². The van der Waals surface area contributed by atoms with Gasteiger partial charge in [-0.05, 0) is 90.6 Å². The Balaban J connectivity index is 1.64. The lowest BCUT2D eigenvalue weighted by atomic mass is 9.96. The number of carbonyl (C=O) groups is 1. The Hall–Kier alpha value is -4.53. The molecule has 0 saturated heterocycles. The van der Waals surface area contributed by atoms with Crippen LogP contribution in [-0.2, 0) is 6.42 Å². The van der Waals surface area contributed by atoms with Crippen molar-refractivity contribution in [1.82, 2.24) is 4.98 Å². The van der Waals surface area contributed by atoms with E-state index in [-0.39, 0.29) is 18.6 Å². The summed E-state index contributed by atoms with van der Waals surface area (Å²) >= 11 is 0. The number of hydrogen-bond acceptors (Lipinski definition) is 4. The molecule has 6 nitrogen and oxygen atoms in total. The minimum absolute atomic E-state index is 0.0273. The van der Waals surface area contributed by atoms with Gasteiger partial charge in [-0.2, -0.15) is 13.2 Å². The average molecular weight is 579 g/mol. The highest BCUT2D eigenvalue weighted by Crippen LogP contribution is 2.29. The first-order chi connectivity index (χ1) is 20.2. The Labute approximate surface area is 242 Å². The van der Waals surface area contributed by atoms with Gasteiger partial charge < -0.3 is 19.8 Å². The molecular formula is C33H33F3N2O4. The van der Waals surface area contributed by atoms with Crippen molar-refractivity contribution in [2.75, 3.05) is 19.0 Å². The molecule has 0 fully saturated rings. The number of nitrogens with one attached hydrogen (secondary N) is 2. The van der Waals surface area contributed by atoms with Crippen molar-refractivity contribution in [3.63, 3.8) is 0 Å². The molecule has 0 aliphatic heterocycles. The number of carbonyl (C=O) groups excluding carboxylic acids is 1. The number of methoxy groups -OCH3 is 1. The normalized spacial score (nSPS) is 11.3. The van der Waals surface area contributed by atoms with Crippen LogP contribution in [0.4, 0.5) is 18.9 Å². The van der Waals surface area contributed by atoms with Crippen molar-refractivity contribution >= 4 is 11.6 Å². The Morgan fingerprint density at radius 1 is 0.881 bits per heavy atom. The lowest BCUT2D eigenvalue weighted by molar-refractivity contribution is -0.136. The number of hydrogen-bond donors (Lipinski definition) is 2. The third-order valence-corrected chi connectivity index (χ3v) is 6.73. The SMILES string of the molecule is CCCCc1ccc(-c2cc(-c3ccc(OCCCC(F)(F)F)cc3)[nH]c(=O)c2C(=O)Nc2ccc(OC)cc2)cc1. The number of ether oxygens (including phenoxy) is 2. The summed E-state index contributed by atoms with van der Waals surface area (Å²) in [5.41, 5.74) is 3.40. The maximum Gasteiger partial charge on any atom is 0.389 e. The van der Waals surface area contributed by atoms with Crippen molar-refractivity contribution in [2.45, 2.75) is 45.2 Å². The van der Waals surface area contributed by atoms with E-state index in [2.05, 4.69) is 17.2 Å². The second-order valence-electron chi connectivity index (χ2n) is 9.88. The molecule has 220 valence electrons. The van der Waals surface area contributed by atoms with Crippen molar-refractivity contribution in [3.05, 3.63) is 100 Å². The number of aryl methyl sites for hydroxylation is 1. The molecule has 1 heterocycles. The fraction of sp³-hybridized carbons (Fsp3) is 0.273. The van der Waals surface area contributed by atoms with E-state index in [1.54, 1.807) is 61.7 Å². The Bertz CT molecular complexity index is 1530. The van der Waals surface area contributed by atoms with E-state index in [9.17, 15) is 22.8 Å². The van der Waals surface area contributed by atoms with E-state index in [4.69, 9.17) is 9.47 Å². The van der Waals surface area contributed by atoms with Crippen LogP contribution in [0.25, 0.3) is 22.4 Å². The molecular weight excluding hydrogens is 545 g/mol. The summed E-state index contributed by atoms with van der Waals surface area (Å²) in [6.07, 6.45) is -2.19. The van der Waals surface area contributed by atoms with Gasteiger partial charge >= 0.3 is 6.18 Å². The fourth-order valence-electron chi connectivity index (χ4n) is 4.46. The number of anilines is 1. The topological polar surface area (TPSA) is 80.4 Å². The van der Waals surface area contributed by atoms with Gasteiger partial charge in [0.15, 0.2) is 0 Å². The molecule has 0 aliphatic carbocycles. The first-order valence-electron chi connectivity index (χ1n) is 13.8. The number of pyridine rings is 1. The van der Waals surface area contributed by atoms with Crippen molar-refractivity contribution in [3.8, 4) is 33.9 Å². The number of aromatic amines is 1. The molecule has 0 radical (unpaired) electrons. The molecule has 0 saturated carbocycles. The van der Waals surface area contributed by atoms with Crippen LogP contribution in [0.5, 0.6) is 11.5 Å². The highest BCUT2D eigenvalue weighted by atomic mass is 19.4. The summed E-state index contributed by atoms with van der Waals surface area (Å²) in [7, 11) is 1.55. The summed E-state index contributed by atoms with van der Waals surface area (Å²) in [6.45, 7) is 2.07. The van der Waals surface area contributed by atoms with Gasteiger partial charge in [0.2, 0.25) is 0 Å². The predicted octanol–water partition coefficient (Wildman–Crippen LogP) is 8.03. The van der Waals surface area contributed by atoms with E-state index < -0.39 is 24.1 Å². The first kappa shape index (κ1) is 30.4. The monoisotopic (exact) mass is 578 g/mol. The molecule has 4 aromatic rings. The largest absolute Gasteiger partial charge is 0.497 e. The highest BCUT2D eigenvalue weighted by molar-refractivity contribution is 6.08. The molecule has 1 aromatic heterocycles. The van der Waals surface area contributed by atoms with E-state index in [1.165, 1.54) is 5.56 Å². The molecule has 2 N–H and O–H groups in total. The van der Waals surface area contributed by atoms with Crippen LogP contribution in [0.1, 0.15) is 48.5 Å². The highest BCUT2D eigenvalue weighted by Gasteiger charge is 2.26. The second-order valence-corrected chi connectivity index (χ2v) is 9.88. The lowest BCUT2D eigenvalue weighted by Crippen LogP contribution is -2.25. The van der Waals surface area contributed by atoms with Crippen LogP contribution in [0.2, 0.25) is 0 Å². The molecule has 1 amide bonds. The summed E-state index contributed by atoms with van der Waals surface area (Å²) in [5.74, 6) is 0.499. The molecule has 0 unspecified atom stereocenters.